The highest BCUT2D eigenvalue weighted by Gasteiger charge is 2.29. The van der Waals surface area contributed by atoms with Crippen molar-refractivity contribution in [2.24, 2.45) is 5.92 Å². The fourth-order valence-corrected chi connectivity index (χ4v) is 5.46. The monoisotopic (exact) mass is 473 g/mol. The number of piperidine rings is 1. The molecule has 1 saturated heterocycles. The van der Waals surface area contributed by atoms with Crippen molar-refractivity contribution in [1.29, 1.82) is 0 Å². The average Bonchev–Trinajstić information content (AvgIpc) is 2.82. The van der Waals surface area contributed by atoms with Crippen molar-refractivity contribution < 1.29 is 17.9 Å². The molecule has 0 aliphatic carbocycles. The Labute approximate surface area is 197 Å². The summed E-state index contributed by atoms with van der Waals surface area (Å²) in [5.74, 6) is 0.842. The Morgan fingerprint density at radius 1 is 1.15 bits per heavy atom. The first-order chi connectivity index (χ1) is 15.8. The highest BCUT2D eigenvalue weighted by atomic mass is 32.2. The SMILES string of the molecule is COc1ccc(C)cc1N(CC(=O)NCCCN1CCC(C)CC1)S(=O)(=O)c1ccccc1. The second kappa shape index (κ2) is 11.5. The van der Waals surface area contributed by atoms with Crippen LogP contribution in [-0.4, -0.2) is 59.1 Å². The fourth-order valence-electron chi connectivity index (χ4n) is 4.02. The summed E-state index contributed by atoms with van der Waals surface area (Å²) in [5.41, 5.74) is 1.22. The third-order valence-electron chi connectivity index (χ3n) is 6.07. The number of nitrogens with zero attached hydrogens (tertiary/aromatic N) is 2. The minimum atomic E-state index is -3.97. The highest BCUT2D eigenvalue weighted by molar-refractivity contribution is 7.92. The number of methoxy groups -OCH3 is 1. The molecule has 1 amide bonds. The molecular formula is C25H35N3O4S. The predicted octanol–water partition coefficient (Wildman–Crippen LogP) is 3.44. The van der Waals surface area contributed by atoms with Gasteiger partial charge in [-0.15, -0.1) is 0 Å². The third kappa shape index (κ3) is 6.71. The lowest BCUT2D eigenvalue weighted by Gasteiger charge is -2.30. The topological polar surface area (TPSA) is 79.0 Å². The lowest BCUT2D eigenvalue weighted by atomic mass is 9.99. The van der Waals surface area contributed by atoms with Gasteiger partial charge in [0.1, 0.15) is 12.3 Å². The second-order valence-corrected chi connectivity index (χ2v) is 10.6. The number of hydrogen-bond acceptors (Lipinski definition) is 5. The van der Waals surface area contributed by atoms with E-state index in [1.54, 1.807) is 30.3 Å². The summed E-state index contributed by atoms with van der Waals surface area (Å²) in [6.45, 7) is 7.49. The molecule has 0 saturated carbocycles. The van der Waals surface area contributed by atoms with E-state index in [1.807, 2.05) is 13.0 Å². The van der Waals surface area contributed by atoms with Gasteiger partial charge in [0.25, 0.3) is 10.0 Å². The zero-order valence-corrected chi connectivity index (χ0v) is 20.6. The minimum absolute atomic E-state index is 0.126. The highest BCUT2D eigenvalue weighted by Crippen LogP contribution is 2.33. The molecule has 0 unspecified atom stereocenters. The molecule has 0 spiro atoms. The van der Waals surface area contributed by atoms with Crippen LogP contribution < -0.4 is 14.4 Å². The first kappa shape index (κ1) is 25.1. The third-order valence-corrected chi connectivity index (χ3v) is 7.84. The summed E-state index contributed by atoms with van der Waals surface area (Å²) < 4.78 is 33.5. The number of amides is 1. The van der Waals surface area contributed by atoms with Gasteiger partial charge >= 0.3 is 0 Å². The van der Waals surface area contributed by atoms with Gasteiger partial charge in [-0.25, -0.2) is 8.42 Å². The number of carbonyl (C=O) groups excluding carboxylic acids is 1. The molecule has 0 atom stereocenters. The van der Waals surface area contributed by atoms with E-state index in [4.69, 9.17) is 4.74 Å². The summed E-state index contributed by atoms with van der Waals surface area (Å²) >= 11 is 0. The quantitative estimate of drug-likeness (QED) is 0.535. The van der Waals surface area contributed by atoms with E-state index in [0.29, 0.717) is 18.0 Å². The maximum absolute atomic E-state index is 13.5. The van der Waals surface area contributed by atoms with Crippen LogP contribution in [0.4, 0.5) is 5.69 Å². The summed E-state index contributed by atoms with van der Waals surface area (Å²) in [7, 11) is -2.48. The number of aryl methyl sites for hydroxylation is 1. The van der Waals surface area contributed by atoms with E-state index in [0.717, 1.165) is 41.8 Å². The van der Waals surface area contributed by atoms with E-state index in [-0.39, 0.29) is 17.3 Å². The van der Waals surface area contributed by atoms with E-state index in [9.17, 15) is 13.2 Å². The van der Waals surface area contributed by atoms with Crippen LogP contribution in [0, 0.1) is 12.8 Å². The van der Waals surface area contributed by atoms with Gasteiger partial charge in [0, 0.05) is 6.54 Å². The smallest absolute Gasteiger partial charge is 0.264 e. The van der Waals surface area contributed by atoms with Crippen molar-refractivity contribution in [2.75, 3.05) is 44.1 Å². The Morgan fingerprint density at radius 2 is 1.85 bits per heavy atom. The number of nitrogens with one attached hydrogen (secondary N) is 1. The van der Waals surface area contributed by atoms with E-state index in [1.165, 1.54) is 32.1 Å². The molecule has 7 nitrogen and oxygen atoms in total. The molecule has 1 heterocycles. The van der Waals surface area contributed by atoms with Gasteiger partial charge in [0.2, 0.25) is 5.91 Å². The summed E-state index contributed by atoms with van der Waals surface area (Å²) in [6, 6.07) is 13.4. The molecule has 0 radical (unpaired) electrons. The van der Waals surface area contributed by atoms with Crippen molar-refractivity contribution in [1.82, 2.24) is 10.2 Å². The normalized spacial score (nSPS) is 15.2. The number of rotatable bonds is 10. The first-order valence-electron chi connectivity index (χ1n) is 11.5. The van der Waals surface area contributed by atoms with Crippen LogP contribution >= 0.6 is 0 Å². The average molecular weight is 474 g/mol. The van der Waals surface area contributed by atoms with Gasteiger partial charge in [-0.3, -0.25) is 9.10 Å². The van der Waals surface area contributed by atoms with Gasteiger partial charge in [0.05, 0.1) is 17.7 Å². The van der Waals surface area contributed by atoms with E-state index < -0.39 is 10.0 Å². The van der Waals surface area contributed by atoms with Crippen LogP contribution in [0.25, 0.3) is 0 Å². The van der Waals surface area contributed by atoms with Crippen molar-refractivity contribution in [3.05, 3.63) is 54.1 Å². The molecule has 0 bridgehead atoms. The molecule has 33 heavy (non-hydrogen) atoms. The zero-order valence-electron chi connectivity index (χ0n) is 19.8. The Hall–Kier alpha value is -2.58. The van der Waals surface area contributed by atoms with Gasteiger partial charge < -0.3 is 15.0 Å². The van der Waals surface area contributed by atoms with Gasteiger partial charge in [-0.2, -0.15) is 0 Å². The van der Waals surface area contributed by atoms with Gasteiger partial charge in [-0.05, 0) is 81.6 Å². The minimum Gasteiger partial charge on any atom is -0.495 e. The molecule has 2 aromatic carbocycles. The number of hydrogen-bond donors (Lipinski definition) is 1. The number of benzene rings is 2. The number of ether oxygens (including phenoxy) is 1. The lowest BCUT2D eigenvalue weighted by Crippen LogP contribution is -2.42. The Morgan fingerprint density at radius 3 is 2.52 bits per heavy atom. The van der Waals surface area contributed by atoms with Crippen LogP contribution in [-0.2, 0) is 14.8 Å². The molecule has 8 heteroatoms. The molecule has 0 aromatic heterocycles. The van der Waals surface area contributed by atoms with Crippen molar-refractivity contribution in [2.45, 2.75) is 38.0 Å². The van der Waals surface area contributed by atoms with Crippen LogP contribution in [0.1, 0.15) is 31.7 Å². The zero-order chi connectivity index (χ0) is 23.8. The van der Waals surface area contributed by atoms with Crippen molar-refractivity contribution in [3.8, 4) is 5.75 Å². The predicted molar refractivity (Wildman–Crippen MR) is 131 cm³/mol. The molecule has 1 aliphatic rings. The second-order valence-electron chi connectivity index (χ2n) is 8.73. The molecule has 1 N–H and O–H groups in total. The standard InChI is InChI=1S/C25H35N3O4S/c1-20-12-16-27(17-13-20)15-7-14-26-25(29)19-28(23-18-21(2)10-11-24(23)32-3)33(30,31)22-8-5-4-6-9-22/h4-6,8-11,18,20H,7,12-17,19H2,1-3H3,(H,26,29). The Balaban J connectivity index is 1.71. The van der Waals surface area contributed by atoms with Crippen LogP contribution in [0.15, 0.2) is 53.4 Å². The van der Waals surface area contributed by atoms with E-state index >= 15 is 0 Å². The van der Waals surface area contributed by atoms with Crippen molar-refractivity contribution in [3.63, 3.8) is 0 Å². The lowest BCUT2D eigenvalue weighted by molar-refractivity contribution is -0.119. The van der Waals surface area contributed by atoms with Gasteiger partial charge in [-0.1, -0.05) is 31.2 Å². The number of anilines is 1. The number of carbonyl (C=O) groups is 1. The van der Waals surface area contributed by atoms with Crippen LogP contribution in [0.5, 0.6) is 5.75 Å². The molecule has 1 fully saturated rings. The molecule has 180 valence electrons. The molecular weight excluding hydrogens is 438 g/mol. The molecule has 1 aliphatic heterocycles. The summed E-state index contributed by atoms with van der Waals surface area (Å²) in [5, 5.41) is 2.89. The number of likely N-dealkylation sites (tertiary alicyclic amines) is 1. The molecule has 3 rings (SSSR count). The molecule has 2 aromatic rings. The maximum atomic E-state index is 13.5. The number of sulfonamides is 1. The Kier molecular flexibility index (Phi) is 8.74. The van der Waals surface area contributed by atoms with Gasteiger partial charge in [0.15, 0.2) is 0 Å². The largest absolute Gasteiger partial charge is 0.495 e. The van der Waals surface area contributed by atoms with Crippen LogP contribution in [0.2, 0.25) is 0 Å². The maximum Gasteiger partial charge on any atom is 0.264 e. The first-order valence-corrected chi connectivity index (χ1v) is 13.0. The summed E-state index contributed by atoms with van der Waals surface area (Å²) in [6.07, 6.45) is 3.27. The summed E-state index contributed by atoms with van der Waals surface area (Å²) in [4.78, 5) is 15.4. The van der Waals surface area contributed by atoms with Crippen molar-refractivity contribution >= 4 is 21.6 Å². The Bertz CT molecular complexity index is 1020. The van der Waals surface area contributed by atoms with Crippen LogP contribution in [0.3, 0.4) is 0 Å². The van der Waals surface area contributed by atoms with E-state index in [2.05, 4.69) is 17.1 Å². The fraction of sp³-hybridized carbons (Fsp3) is 0.480.